The van der Waals surface area contributed by atoms with Crippen LogP contribution >= 0.6 is 0 Å². The lowest BCUT2D eigenvalue weighted by atomic mass is 10.3. The van der Waals surface area contributed by atoms with Crippen molar-refractivity contribution in [3.63, 3.8) is 0 Å². The summed E-state index contributed by atoms with van der Waals surface area (Å²) in [6.07, 6.45) is -1.11. The highest BCUT2D eigenvalue weighted by atomic mass is 16.7. The van der Waals surface area contributed by atoms with Gasteiger partial charge in [-0.2, -0.15) is 0 Å². The lowest BCUT2D eigenvalue weighted by Gasteiger charge is -2.22. The molecule has 0 aromatic carbocycles. The van der Waals surface area contributed by atoms with E-state index in [0.29, 0.717) is 19.8 Å². The van der Waals surface area contributed by atoms with Crippen molar-refractivity contribution in [3.8, 4) is 0 Å². The summed E-state index contributed by atoms with van der Waals surface area (Å²) in [4.78, 5) is 0. The van der Waals surface area contributed by atoms with E-state index in [4.69, 9.17) is 9.47 Å². The van der Waals surface area contributed by atoms with Crippen molar-refractivity contribution >= 4 is 0 Å². The summed E-state index contributed by atoms with van der Waals surface area (Å²) < 4.78 is 10.4. The van der Waals surface area contributed by atoms with Crippen molar-refractivity contribution in [3.05, 3.63) is 0 Å². The third-order valence-corrected chi connectivity index (χ3v) is 1.39. The minimum atomic E-state index is -0.602. The van der Waals surface area contributed by atoms with Crippen LogP contribution < -0.4 is 5.32 Å². The van der Waals surface area contributed by atoms with Crippen LogP contribution in [-0.2, 0) is 9.47 Å². The smallest absolute Gasteiger partial charge is 0.184 e. The van der Waals surface area contributed by atoms with Crippen LogP contribution in [-0.4, -0.2) is 44.3 Å². The Morgan fingerprint density at radius 3 is 2.08 bits per heavy atom. The number of ether oxygens (including phenoxy) is 2. The van der Waals surface area contributed by atoms with Gasteiger partial charge in [-0.25, -0.2) is 0 Å². The van der Waals surface area contributed by atoms with Crippen molar-refractivity contribution in [1.82, 2.24) is 5.32 Å². The summed E-state index contributed by atoms with van der Waals surface area (Å²) in [6.45, 7) is 5.32. The van der Waals surface area contributed by atoms with Crippen molar-refractivity contribution in [2.45, 2.75) is 26.2 Å². The monoisotopic (exact) mass is 177 g/mol. The Balaban J connectivity index is 3.72. The first-order valence-corrected chi connectivity index (χ1v) is 4.32. The lowest BCUT2D eigenvalue weighted by Crippen LogP contribution is -2.38. The van der Waals surface area contributed by atoms with Crippen LogP contribution in [0.15, 0.2) is 0 Å². The molecule has 4 heteroatoms. The van der Waals surface area contributed by atoms with Gasteiger partial charge in [0, 0.05) is 19.8 Å². The second-order valence-corrected chi connectivity index (χ2v) is 2.40. The second-order valence-electron chi connectivity index (χ2n) is 2.40. The van der Waals surface area contributed by atoms with E-state index in [9.17, 15) is 5.11 Å². The number of rotatable bonds is 7. The van der Waals surface area contributed by atoms with E-state index in [1.807, 2.05) is 13.8 Å². The molecule has 0 aromatic rings. The number of hydrogen-bond donors (Lipinski definition) is 2. The SMILES string of the molecule is CCOC(OCC)[C@H](O)CNC. The van der Waals surface area contributed by atoms with E-state index in [1.165, 1.54) is 0 Å². The van der Waals surface area contributed by atoms with E-state index < -0.39 is 12.4 Å². The van der Waals surface area contributed by atoms with E-state index in [-0.39, 0.29) is 0 Å². The molecule has 0 aliphatic rings. The predicted octanol–water partition coefficient (Wildman–Crippen LogP) is -0.0342. The molecule has 0 saturated heterocycles. The van der Waals surface area contributed by atoms with Gasteiger partial charge in [0.1, 0.15) is 6.10 Å². The average Bonchev–Trinajstić information content (AvgIpc) is 2.04. The van der Waals surface area contributed by atoms with Crippen molar-refractivity contribution in [2.75, 3.05) is 26.8 Å². The van der Waals surface area contributed by atoms with Crippen LogP contribution in [0.5, 0.6) is 0 Å². The van der Waals surface area contributed by atoms with Crippen LogP contribution in [0.1, 0.15) is 13.8 Å². The van der Waals surface area contributed by atoms with Crippen LogP contribution in [0.3, 0.4) is 0 Å². The Labute approximate surface area is 73.9 Å². The maximum Gasteiger partial charge on any atom is 0.184 e. The van der Waals surface area contributed by atoms with Crippen LogP contribution in [0, 0.1) is 0 Å². The summed E-state index contributed by atoms with van der Waals surface area (Å²) in [7, 11) is 1.78. The molecular formula is C8H19NO3. The highest BCUT2D eigenvalue weighted by Gasteiger charge is 2.18. The molecule has 0 unspecified atom stereocenters. The summed E-state index contributed by atoms with van der Waals surface area (Å²) >= 11 is 0. The van der Waals surface area contributed by atoms with Crippen molar-refractivity contribution < 1.29 is 14.6 Å². The number of nitrogens with one attached hydrogen (secondary N) is 1. The van der Waals surface area contributed by atoms with Crippen LogP contribution in [0.4, 0.5) is 0 Å². The number of likely N-dealkylation sites (N-methyl/N-ethyl adjacent to an activating group) is 1. The zero-order valence-corrected chi connectivity index (χ0v) is 8.04. The Kier molecular flexibility index (Phi) is 7.39. The molecule has 4 nitrogen and oxygen atoms in total. The minimum absolute atomic E-state index is 0.477. The number of hydrogen-bond acceptors (Lipinski definition) is 4. The third-order valence-electron chi connectivity index (χ3n) is 1.39. The van der Waals surface area contributed by atoms with Crippen molar-refractivity contribution in [2.24, 2.45) is 0 Å². The number of aliphatic hydroxyl groups excluding tert-OH is 1. The number of aliphatic hydroxyl groups is 1. The molecule has 0 spiro atoms. The van der Waals surface area contributed by atoms with Gasteiger partial charge in [0.15, 0.2) is 6.29 Å². The zero-order chi connectivity index (χ0) is 9.40. The maximum absolute atomic E-state index is 9.46. The summed E-state index contributed by atoms with van der Waals surface area (Å²) in [6, 6.07) is 0. The van der Waals surface area contributed by atoms with Crippen LogP contribution in [0.2, 0.25) is 0 Å². The van der Waals surface area contributed by atoms with E-state index in [1.54, 1.807) is 7.05 Å². The van der Waals surface area contributed by atoms with E-state index in [2.05, 4.69) is 5.32 Å². The van der Waals surface area contributed by atoms with Gasteiger partial charge >= 0.3 is 0 Å². The molecule has 0 amide bonds. The molecule has 1 atom stereocenters. The van der Waals surface area contributed by atoms with Gasteiger partial charge in [0.05, 0.1) is 0 Å². The second kappa shape index (κ2) is 7.49. The fourth-order valence-corrected chi connectivity index (χ4v) is 0.904. The Hall–Kier alpha value is -0.160. The Morgan fingerprint density at radius 2 is 1.75 bits per heavy atom. The van der Waals surface area contributed by atoms with Gasteiger partial charge in [0.2, 0.25) is 0 Å². The largest absolute Gasteiger partial charge is 0.386 e. The molecule has 0 saturated carbocycles. The molecule has 2 N–H and O–H groups in total. The van der Waals surface area contributed by atoms with Gasteiger partial charge in [-0.3, -0.25) is 0 Å². The average molecular weight is 177 g/mol. The maximum atomic E-state index is 9.46. The fourth-order valence-electron chi connectivity index (χ4n) is 0.904. The third kappa shape index (κ3) is 4.66. The van der Waals surface area contributed by atoms with Gasteiger partial charge in [-0.15, -0.1) is 0 Å². The normalized spacial score (nSPS) is 13.8. The molecule has 0 aliphatic carbocycles. The molecule has 0 fully saturated rings. The Bertz CT molecular complexity index is 94.3. The molecule has 0 radical (unpaired) electrons. The summed E-state index contributed by atoms with van der Waals surface area (Å²) in [5.74, 6) is 0. The highest BCUT2D eigenvalue weighted by Crippen LogP contribution is 2.00. The molecule has 0 aromatic heterocycles. The fraction of sp³-hybridized carbons (Fsp3) is 1.00. The summed E-state index contributed by atoms with van der Waals surface area (Å²) in [5, 5.41) is 12.3. The lowest BCUT2D eigenvalue weighted by molar-refractivity contribution is -0.187. The first kappa shape index (κ1) is 11.8. The Morgan fingerprint density at radius 1 is 1.25 bits per heavy atom. The zero-order valence-electron chi connectivity index (χ0n) is 8.04. The highest BCUT2D eigenvalue weighted by molar-refractivity contribution is 4.61. The van der Waals surface area contributed by atoms with Gasteiger partial charge in [0.25, 0.3) is 0 Å². The molecular weight excluding hydrogens is 158 g/mol. The molecule has 0 rings (SSSR count). The van der Waals surface area contributed by atoms with Crippen molar-refractivity contribution in [1.29, 1.82) is 0 Å². The predicted molar refractivity (Wildman–Crippen MR) is 47.0 cm³/mol. The quantitative estimate of drug-likeness (QED) is 0.536. The minimum Gasteiger partial charge on any atom is -0.386 e. The van der Waals surface area contributed by atoms with Gasteiger partial charge < -0.3 is 19.9 Å². The molecule has 0 aliphatic heterocycles. The van der Waals surface area contributed by atoms with E-state index in [0.717, 1.165) is 0 Å². The summed E-state index contributed by atoms with van der Waals surface area (Å²) in [5.41, 5.74) is 0. The van der Waals surface area contributed by atoms with Gasteiger partial charge in [-0.05, 0) is 20.9 Å². The molecule has 12 heavy (non-hydrogen) atoms. The standard InChI is InChI=1S/C8H19NO3/c1-4-11-8(12-5-2)7(10)6-9-3/h7-10H,4-6H2,1-3H3/t7-/m1/s1. The van der Waals surface area contributed by atoms with E-state index >= 15 is 0 Å². The molecule has 0 heterocycles. The molecule has 74 valence electrons. The first-order valence-electron chi connectivity index (χ1n) is 4.32. The molecule has 0 bridgehead atoms. The van der Waals surface area contributed by atoms with Crippen LogP contribution in [0.25, 0.3) is 0 Å². The first-order chi connectivity index (χ1) is 5.76. The topological polar surface area (TPSA) is 50.7 Å². The van der Waals surface area contributed by atoms with Gasteiger partial charge in [-0.1, -0.05) is 0 Å².